The Hall–Kier alpha value is -2.86. The molecule has 6 nitrogen and oxygen atoms in total. The van der Waals surface area contributed by atoms with E-state index in [-0.39, 0.29) is 12.3 Å². The fourth-order valence-corrected chi connectivity index (χ4v) is 3.34. The molecule has 1 fully saturated rings. The molecule has 2 heterocycles. The van der Waals surface area contributed by atoms with Crippen molar-refractivity contribution in [2.24, 2.45) is 0 Å². The number of carbonyl (C=O) groups excluding carboxylic acids is 1. The van der Waals surface area contributed by atoms with Crippen molar-refractivity contribution in [3.8, 4) is 5.75 Å². The van der Waals surface area contributed by atoms with Crippen LogP contribution in [-0.2, 0) is 6.54 Å². The predicted octanol–water partition coefficient (Wildman–Crippen LogP) is 2.34. The number of hydrogen-bond donors (Lipinski definition) is 1. The summed E-state index contributed by atoms with van der Waals surface area (Å²) in [5, 5.41) is 3.36. The second-order valence-corrected chi connectivity index (χ2v) is 6.38. The van der Waals surface area contributed by atoms with Gasteiger partial charge >= 0.3 is 0 Å². The molecular weight excluding hydrogens is 328 g/mol. The molecule has 3 aromatic rings. The molecular formula is C20H22N4O2. The van der Waals surface area contributed by atoms with Gasteiger partial charge in [0.05, 0.1) is 24.7 Å². The molecule has 0 bridgehead atoms. The van der Waals surface area contributed by atoms with Gasteiger partial charge in [0, 0.05) is 31.7 Å². The molecule has 0 amide bonds. The number of hydrogen-bond acceptors (Lipinski definition) is 5. The molecule has 4 rings (SSSR count). The number of imidazole rings is 1. The number of ketones is 1. The summed E-state index contributed by atoms with van der Waals surface area (Å²) in [6.45, 7) is 3.90. The zero-order valence-electron chi connectivity index (χ0n) is 14.8. The Balaban J connectivity index is 1.68. The lowest BCUT2D eigenvalue weighted by Gasteiger charge is -2.28. The minimum absolute atomic E-state index is 0.0622. The van der Waals surface area contributed by atoms with E-state index in [4.69, 9.17) is 9.72 Å². The number of fused-ring (bicyclic) bond motifs is 1. The molecule has 1 aliphatic rings. The van der Waals surface area contributed by atoms with Crippen molar-refractivity contribution in [1.29, 1.82) is 0 Å². The first-order valence-corrected chi connectivity index (χ1v) is 8.84. The zero-order valence-corrected chi connectivity index (χ0v) is 14.8. The number of benzene rings is 2. The van der Waals surface area contributed by atoms with Crippen molar-refractivity contribution in [3.63, 3.8) is 0 Å². The summed E-state index contributed by atoms with van der Waals surface area (Å²) >= 11 is 0. The van der Waals surface area contributed by atoms with Crippen LogP contribution in [0, 0.1) is 0 Å². The Kier molecular flexibility index (Phi) is 4.58. The van der Waals surface area contributed by atoms with Gasteiger partial charge in [0.15, 0.2) is 5.78 Å². The Labute approximate surface area is 152 Å². The van der Waals surface area contributed by atoms with Gasteiger partial charge in [-0.05, 0) is 36.4 Å². The van der Waals surface area contributed by atoms with Crippen LogP contribution in [0.1, 0.15) is 10.4 Å². The Morgan fingerprint density at radius 3 is 2.58 bits per heavy atom. The highest BCUT2D eigenvalue weighted by Crippen LogP contribution is 2.24. The van der Waals surface area contributed by atoms with Gasteiger partial charge in [0.25, 0.3) is 0 Å². The quantitative estimate of drug-likeness (QED) is 0.716. The topological polar surface area (TPSA) is 59.4 Å². The molecule has 0 unspecified atom stereocenters. The minimum Gasteiger partial charge on any atom is -0.497 e. The number of aromatic nitrogens is 2. The van der Waals surface area contributed by atoms with E-state index in [1.165, 1.54) is 0 Å². The largest absolute Gasteiger partial charge is 0.497 e. The molecule has 1 aliphatic heterocycles. The lowest BCUT2D eigenvalue weighted by molar-refractivity contribution is 0.0973. The third-order valence-electron chi connectivity index (χ3n) is 4.75. The highest BCUT2D eigenvalue weighted by atomic mass is 16.5. The van der Waals surface area contributed by atoms with Crippen molar-refractivity contribution in [1.82, 2.24) is 14.9 Å². The van der Waals surface area contributed by atoms with E-state index < -0.39 is 0 Å². The number of rotatable bonds is 5. The zero-order chi connectivity index (χ0) is 17.9. The Morgan fingerprint density at radius 2 is 1.85 bits per heavy atom. The molecule has 1 saturated heterocycles. The van der Waals surface area contributed by atoms with Gasteiger partial charge in [0.2, 0.25) is 5.95 Å². The molecule has 0 aliphatic carbocycles. The van der Waals surface area contributed by atoms with Crippen molar-refractivity contribution in [3.05, 3.63) is 54.1 Å². The number of Topliss-reactive ketones (excluding diaryl/α,β-unsaturated/α-hetero) is 1. The lowest BCUT2D eigenvalue weighted by Crippen LogP contribution is -2.44. The molecule has 26 heavy (non-hydrogen) atoms. The number of nitrogens with zero attached hydrogens (tertiary/aromatic N) is 3. The normalized spacial score (nSPS) is 14.6. The van der Waals surface area contributed by atoms with Crippen molar-refractivity contribution in [2.75, 3.05) is 38.2 Å². The summed E-state index contributed by atoms with van der Waals surface area (Å²) in [6.07, 6.45) is 0. The fraction of sp³-hybridized carbons (Fsp3) is 0.300. The standard InChI is InChI=1S/C20H22N4O2/c1-26-16-8-6-15(7-9-16)19(25)14-24-18-5-3-2-4-17(18)22-20(24)23-12-10-21-11-13-23/h2-9,21H,10-14H2,1H3. The molecule has 0 radical (unpaired) electrons. The SMILES string of the molecule is COc1ccc(C(=O)Cn2c(N3CCNCC3)nc3ccccc32)cc1. The van der Waals surface area contributed by atoms with E-state index >= 15 is 0 Å². The maximum absolute atomic E-state index is 12.9. The van der Waals surface area contributed by atoms with Gasteiger partial charge in [-0.1, -0.05) is 12.1 Å². The third kappa shape index (κ3) is 3.15. The second-order valence-electron chi connectivity index (χ2n) is 6.38. The van der Waals surface area contributed by atoms with Crippen LogP contribution in [0.5, 0.6) is 5.75 Å². The first kappa shape index (κ1) is 16.6. The van der Waals surface area contributed by atoms with E-state index in [1.54, 1.807) is 7.11 Å². The molecule has 0 atom stereocenters. The van der Waals surface area contributed by atoms with Gasteiger partial charge in [0.1, 0.15) is 5.75 Å². The van der Waals surface area contributed by atoms with E-state index in [2.05, 4.69) is 10.2 Å². The van der Waals surface area contributed by atoms with E-state index in [0.29, 0.717) is 5.56 Å². The fourth-order valence-electron chi connectivity index (χ4n) is 3.34. The molecule has 134 valence electrons. The number of ether oxygens (including phenoxy) is 1. The van der Waals surface area contributed by atoms with Crippen LogP contribution in [0.3, 0.4) is 0 Å². The number of methoxy groups -OCH3 is 1. The maximum atomic E-state index is 12.9. The smallest absolute Gasteiger partial charge is 0.207 e. The number of nitrogens with one attached hydrogen (secondary N) is 1. The maximum Gasteiger partial charge on any atom is 0.207 e. The van der Waals surface area contributed by atoms with Gasteiger partial charge in [-0.2, -0.15) is 0 Å². The second kappa shape index (κ2) is 7.17. The van der Waals surface area contributed by atoms with E-state index in [9.17, 15) is 4.79 Å². The Bertz CT molecular complexity index is 911. The molecule has 0 saturated carbocycles. The van der Waals surface area contributed by atoms with Crippen LogP contribution in [0.2, 0.25) is 0 Å². The Morgan fingerprint density at radius 1 is 1.12 bits per heavy atom. The van der Waals surface area contributed by atoms with Crippen LogP contribution in [0.15, 0.2) is 48.5 Å². The van der Waals surface area contributed by atoms with Crippen LogP contribution < -0.4 is 15.0 Å². The van der Waals surface area contributed by atoms with Crippen molar-refractivity contribution < 1.29 is 9.53 Å². The van der Waals surface area contributed by atoms with Gasteiger partial charge < -0.3 is 19.5 Å². The summed E-state index contributed by atoms with van der Waals surface area (Å²) in [4.78, 5) is 19.9. The number of para-hydroxylation sites is 2. The summed E-state index contributed by atoms with van der Waals surface area (Å²) in [6, 6.07) is 15.2. The highest BCUT2D eigenvalue weighted by Gasteiger charge is 2.20. The van der Waals surface area contributed by atoms with Gasteiger partial charge in [-0.15, -0.1) is 0 Å². The van der Waals surface area contributed by atoms with Gasteiger partial charge in [-0.3, -0.25) is 4.79 Å². The average Bonchev–Trinajstić information content (AvgIpc) is 3.07. The first-order valence-electron chi connectivity index (χ1n) is 8.84. The molecule has 2 aromatic carbocycles. The molecule has 1 aromatic heterocycles. The molecule has 6 heteroatoms. The number of carbonyl (C=O) groups is 1. The van der Waals surface area contributed by atoms with Crippen LogP contribution in [-0.4, -0.2) is 48.6 Å². The predicted molar refractivity (Wildman–Crippen MR) is 102 cm³/mol. The van der Waals surface area contributed by atoms with Crippen LogP contribution >= 0.6 is 0 Å². The summed E-state index contributed by atoms with van der Waals surface area (Å²) in [5.41, 5.74) is 2.58. The third-order valence-corrected chi connectivity index (χ3v) is 4.75. The van der Waals surface area contributed by atoms with Gasteiger partial charge in [-0.25, -0.2) is 4.98 Å². The highest BCUT2D eigenvalue weighted by molar-refractivity contribution is 5.97. The number of piperazine rings is 1. The first-order chi connectivity index (χ1) is 12.8. The van der Waals surface area contributed by atoms with Crippen molar-refractivity contribution >= 4 is 22.8 Å². The minimum atomic E-state index is 0.0622. The van der Waals surface area contributed by atoms with Crippen LogP contribution in [0.25, 0.3) is 11.0 Å². The number of anilines is 1. The molecule has 0 spiro atoms. The average molecular weight is 350 g/mol. The van der Waals surface area contributed by atoms with E-state index in [0.717, 1.165) is 48.9 Å². The van der Waals surface area contributed by atoms with E-state index in [1.807, 2.05) is 53.1 Å². The summed E-state index contributed by atoms with van der Waals surface area (Å²) in [5.74, 6) is 1.68. The summed E-state index contributed by atoms with van der Waals surface area (Å²) < 4.78 is 7.21. The van der Waals surface area contributed by atoms with Crippen molar-refractivity contribution in [2.45, 2.75) is 6.54 Å². The monoisotopic (exact) mass is 350 g/mol. The lowest BCUT2D eigenvalue weighted by atomic mass is 10.1. The van der Waals surface area contributed by atoms with Crippen LogP contribution in [0.4, 0.5) is 5.95 Å². The summed E-state index contributed by atoms with van der Waals surface area (Å²) in [7, 11) is 1.62. The molecule has 1 N–H and O–H groups in total.